The lowest BCUT2D eigenvalue weighted by Gasteiger charge is -2.25. The molecular formula is C14H24N4. The first-order chi connectivity index (χ1) is 8.58. The molecule has 1 aliphatic heterocycles. The second kappa shape index (κ2) is 5.67. The van der Waals surface area contributed by atoms with Gasteiger partial charge in [0, 0.05) is 37.9 Å². The van der Waals surface area contributed by atoms with Gasteiger partial charge >= 0.3 is 0 Å². The lowest BCUT2D eigenvalue weighted by Crippen LogP contribution is -2.29. The maximum absolute atomic E-state index is 6.01. The molecule has 0 spiro atoms. The quantitative estimate of drug-likeness (QED) is 0.877. The highest BCUT2D eigenvalue weighted by molar-refractivity contribution is 5.47. The Morgan fingerprint density at radius 3 is 3.00 bits per heavy atom. The van der Waals surface area contributed by atoms with Crippen LogP contribution >= 0.6 is 0 Å². The van der Waals surface area contributed by atoms with Crippen LogP contribution in [0.1, 0.15) is 24.9 Å². The van der Waals surface area contributed by atoms with Crippen LogP contribution in [0, 0.1) is 5.92 Å². The van der Waals surface area contributed by atoms with Gasteiger partial charge in [0.05, 0.1) is 0 Å². The summed E-state index contributed by atoms with van der Waals surface area (Å²) in [6.45, 7) is 5.46. The molecule has 1 aromatic heterocycles. The Labute approximate surface area is 110 Å². The Balaban J connectivity index is 2.06. The third-order valence-corrected chi connectivity index (χ3v) is 3.69. The van der Waals surface area contributed by atoms with Crippen molar-refractivity contribution in [3.8, 4) is 0 Å². The Kier molecular flexibility index (Phi) is 4.19. The third-order valence-electron chi connectivity index (χ3n) is 3.69. The van der Waals surface area contributed by atoms with Crippen LogP contribution in [0.3, 0.4) is 0 Å². The number of nitrogens with two attached hydrogens (primary N) is 1. The van der Waals surface area contributed by atoms with Crippen LogP contribution in [0.5, 0.6) is 0 Å². The van der Waals surface area contributed by atoms with E-state index < -0.39 is 0 Å². The number of hydrogen-bond donors (Lipinski definition) is 1. The van der Waals surface area contributed by atoms with Gasteiger partial charge in [0.25, 0.3) is 0 Å². The van der Waals surface area contributed by atoms with Gasteiger partial charge in [-0.3, -0.25) is 0 Å². The van der Waals surface area contributed by atoms with Gasteiger partial charge in [-0.25, -0.2) is 4.98 Å². The van der Waals surface area contributed by atoms with Crippen molar-refractivity contribution in [3.05, 3.63) is 23.9 Å². The number of rotatable bonds is 4. The van der Waals surface area contributed by atoms with Crippen molar-refractivity contribution in [1.29, 1.82) is 0 Å². The first-order valence-corrected chi connectivity index (χ1v) is 6.68. The number of anilines is 1. The molecule has 2 unspecified atom stereocenters. The molecule has 0 bridgehead atoms. The number of nitrogens with zero attached hydrogens (tertiary/aromatic N) is 3. The molecule has 0 saturated carbocycles. The maximum atomic E-state index is 6.01. The van der Waals surface area contributed by atoms with E-state index in [2.05, 4.69) is 34.9 Å². The summed E-state index contributed by atoms with van der Waals surface area (Å²) >= 11 is 0. The van der Waals surface area contributed by atoms with Crippen LogP contribution in [0.15, 0.2) is 18.3 Å². The lowest BCUT2D eigenvalue weighted by molar-refractivity contribution is 0.395. The van der Waals surface area contributed by atoms with E-state index in [0.29, 0.717) is 0 Å². The van der Waals surface area contributed by atoms with Crippen molar-refractivity contribution < 1.29 is 0 Å². The van der Waals surface area contributed by atoms with E-state index in [1.54, 1.807) is 0 Å². The first kappa shape index (κ1) is 13.3. The Bertz CT molecular complexity index is 391. The lowest BCUT2D eigenvalue weighted by atomic mass is 10.1. The molecular weight excluding hydrogens is 224 g/mol. The molecule has 0 radical (unpaired) electrons. The second-order valence-corrected chi connectivity index (χ2v) is 5.50. The topological polar surface area (TPSA) is 45.4 Å². The molecule has 100 valence electrons. The predicted molar refractivity (Wildman–Crippen MR) is 75.7 cm³/mol. The van der Waals surface area contributed by atoms with Crippen LogP contribution in [0.4, 0.5) is 5.82 Å². The summed E-state index contributed by atoms with van der Waals surface area (Å²) in [4.78, 5) is 9.14. The van der Waals surface area contributed by atoms with Gasteiger partial charge in [0.1, 0.15) is 5.82 Å². The fourth-order valence-electron chi connectivity index (χ4n) is 2.73. The molecule has 18 heavy (non-hydrogen) atoms. The van der Waals surface area contributed by atoms with Crippen molar-refractivity contribution in [2.75, 3.05) is 38.6 Å². The molecule has 1 saturated heterocycles. The standard InChI is InChI=1S/C14H24N4/c1-11(15)13-5-4-7-16-14(13)18(3)10-12-6-8-17(2)9-12/h4-5,7,11-12H,6,8-10,15H2,1-3H3. The molecule has 4 nitrogen and oxygen atoms in total. The summed E-state index contributed by atoms with van der Waals surface area (Å²) < 4.78 is 0. The molecule has 0 aliphatic carbocycles. The Morgan fingerprint density at radius 2 is 2.39 bits per heavy atom. The highest BCUT2D eigenvalue weighted by Crippen LogP contribution is 2.24. The van der Waals surface area contributed by atoms with Crippen LogP contribution in [-0.4, -0.2) is 43.6 Å². The molecule has 1 fully saturated rings. The summed E-state index contributed by atoms with van der Waals surface area (Å²) in [6, 6.07) is 4.06. The van der Waals surface area contributed by atoms with E-state index in [-0.39, 0.29) is 6.04 Å². The van der Waals surface area contributed by atoms with Gasteiger partial charge in [0.15, 0.2) is 0 Å². The number of likely N-dealkylation sites (tertiary alicyclic amines) is 1. The minimum Gasteiger partial charge on any atom is -0.359 e. The van der Waals surface area contributed by atoms with Crippen molar-refractivity contribution in [3.63, 3.8) is 0 Å². The number of aromatic nitrogens is 1. The van der Waals surface area contributed by atoms with E-state index >= 15 is 0 Å². The SMILES string of the molecule is CC(N)c1cccnc1N(C)CC1CCN(C)C1. The van der Waals surface area contributed by atoms with E-state index in [1.165, 1.54) is 19.5 Å². The second-order valence-electron chi connectivity index (χ2n) is 5.50. The smallest absolute Gasteiger partial charge is 0.133 e. The minimum absolute atomic E-state index is 0.0300. The molecule has 2 atom stereocenters. The normalized spacial score (nSPS) is 22.1. The van der Waals surface area contributed by atoms with Crippen molar-refractivity contribution in [2.45, 2.75) is 19.4 Å². The molecule has 2 heterocycles. The molecule has 2 N–H and O–H groups in total. The highest BCUT2D eigenvalue weighted by atomic mass is 15.2. The summed E-state index contributed by atoms with van der Waals surface area (Å²) in [5.74, 6) is 1.77. The van der Waals surface area contributed by atoms with Crippen LogP contribution < -0.4 is 10.6 Å². The van der Waals surface area contributed by atoms with Gasteiger partial charge in [-0.05, 0) is 38.9 Å². The first-order valence-electron chi connectivity index (χ1n) is 6.68. The zero-order chi connectivity index (χ0) is 13.1. The van der Waals surface area contributed by atoms with Gasteiger partial charge < -0.3 is 15.5 Å². The van der Waals surface area contributed by atoms with E-state index in [0.717, 1.165) is 23.8 Å². The fraction of sp³-hybridized carbons (Fsp3) is 0.643. The largest absolute Gasteiger partial charge is 0.359 e. The summed E-state index contributed by atoms with van der Waals surface area (Å²) in [5, 5.41) is 0. The zero-order valence-electron chi connectivity index (χ0n) is 11.6. The molecule has 1 aliphatic rings. The van der Waals surface area contributed by atoms with Gasteiger partial charge in [-0.1, -0.05) is 6.07 Å². The fourth-order valence-corrected chi connectivity index (χ4v) is 2.73. The van der Waals surface area contributed by atoms with E-state index in [9.17, 15) is 0 Å². The van der Waals surface area contributed by atoms with Crippen LogP contribution in [-0.2, 0) is 0 Å². The van der Waals surface area contributed by atoms with Gasteiger partial charge in [0.2, 0.25) is 0 Å². The maximum Gasteiger partial charge on any atom is 0.133 e. The Hall–Kier alpha value is -1.13. The van der Waals surface area contributed by atoms with E-state index in [1.807, 2.05) is 19.2 Å². The van der Waals surface area contributed by atoms with Crippen molar-refractivity contribution >= 4 is 5.82 Å². The number of hydrogen-bond acceptors (Lipinski definition) is 4. The summed E-state index contributed by atoms with van der Waals surface area (Å²) in [7, 11) is 4.31. The third kappa shape index (κ3) is 3.00. The average Bonchev–Trinajstić information content (AvgIpc) is 2.74. The van der Waals surface area contributed by atoms with Crippen molar-refractivity contribution in [1.82, 2.24) is 9.88 Å². The van der Waals surface area contributed by atoms with Crippen molar-refractivity contribution in [2.24, 2.45) is 11.7 Å². The average molecular weight is 248 g/mol. The molecule has 2 rings (SSSR count). The highest BCUT2D eigenvalue weighted by Gasteiger charge is 2.22. The van der Waals surface area contributed by atoms with Gasteiger partial charge in [-0.2, -0.15) is 0 Å². The van der Waals surface area contributed by atoms with Crippen LogP contribution in [0.2, 0.25) is 0 Å². The molecule has 0 aromatic carbocycles. The van der Waals surface area contributed by atoms with Gasteiger partial charge in [-0.15, -0.1) is 0 Å². The summed E-state index contributed by atoms with van der Waals surface area (Å²) in [5.41, 5.74) is 7.14. The van der Waals surface area contributed by atoms with Crippen LogP contribution in [0.25, 0.3) is 0 Å². The summed E-state index contributed by atoms with van der Waals surface area (Å²) in [6.07, 6.45) is 3.12. The minimum atomic E-state index is 0.0300. The number of pyridine rings is 1. The predicted octanol–water partition coefficient (Wildman–Crippen LogP) is 1.49. The molecule has 0 amide bonds. The Morgan fingerprint density at radius 1 is 1.61 bits per heavy atom. The monoisotopic (exact) mass is 248 g/mol. The zero-order valence-corrected chi connectivity index (χ0v) is 11.6. The molecule has 4 heteroatoms. The molecule has 1 aromatic rings. The van der Waals surface area contributed by atoms with E-state index in [4.69, 9.17) is 5.73 Å².